The minimum atomic E-state index is -0.403. The normalized spacial score (nSPS) is 11.4. The van der Waals surface area contributed by atoms with Crippen LogP contribution in [0.25, 0.3) is 55.7 Å². The molecule has 200 valence electrons. The lowest BCUT2D eigenvalue weighted by Gasteiger charge is -2.08. The molecular formula is C30H26FN7O2. The Bertz CT molecular complexity index is 1880. The predicted octanol–water partition coefficient (Wildman–Crippen LogP) is 6.36. The highest BCUT2D eigenvalue weighted by molar-refractivity contribution is 6.00. The molecule has 6 rings (SSSR count). The third-order valence-corrected chi connectivity index (χ3v) is 6.54. The van der Waals surface area contributed by atoms with Crippen molar-refractivity contribution in [2.75, 3.05) is 12.4 Å². The standard InChI is InChI=1S/C30H26FN7O2/c1-16(2)6-28(39)35-20-8-18(13-32-14-20)25-11-23-27(15-34-25)37-38-30(23)26-12-22-24(36-26)4-5-33-29(22)17-7-19(31)10-21(9-17)40-3/h4-5,7-16,36H,6H2,1-3H3,(H,35,39)(H,37,38). The average Bonchev–Trinajstić information content (AvgIpc) is 3.56. The van der Waals surface area contributed by atoms with Crippen LogP contribution in [-0.2, 0) is 4.79 Å². The zero-order valence-corrected chi connectivity index (χ0v) is 22.1. The second-order valence-corrected chi connectivity index (χ2v) is 9.98. The molecule has 1 aromatic carbocycles. The molecule has 0 saturated carbocycles. The number of nitrogens with one attached hydrogen (secondary N) is 3. The van der Waals surface area contributed by atoms with E-state index in [4.69, 9.17) is 4.74 Å². The molecule has 0 aliphatic carbocycles. The molecule has 0 spiro atoms. The van der Waals surface area contributed by atoms with Crippen molar-refractivity contribution in [2.24, 2.45) is 5.92 Å². The summed E-state index contributed by atoms with van der Waals surface area (Å²) in [5.74, 6) is 0.216. The molecule has 9 nitrogen and oxygen atoms in total. The van der Waals surface area contributed by atoms with Crippen LogP contribution in [0.1, 0.15) is 20.3 Å². The van der Waals surface area contributed by atoms with E-state index in [1.165, 1.54) is 19.2 Å². The monoisotopic (exact) mass is 535 g/mol. The molecule has 0 atom stereocenters. The number of pyridine rings is 3. The van der Waals surface area contributed by atoms with Gasteiger partial charge in [0.15, 0.2) is 0 Å². The first-order chi connectivity index (χ1) is 19.4. The maximum Gasteiger partial charge on any atom is 0.224 e. The number of carbonyl (C=O) groups is 1. The van der Waals surface area contributed by atoms with Crippen molar-refractivity contribution in [2.45, 2.75) is 20.3 Å². The number of benzene rings is 1. The zero-order valence-electron chi connectivity index (χ0n) is 22.1. The molecule has 40 heavy (non-hydrogen) atoms. The van der Waals surface area contributed by atoms with Crippen molar-refractivity contribution < 1.29 is 13.9 Å². The van der Waals surface area contributed by atoms with Gasteiger partial charge in [0.2, 0.25) is 5.91 Å². The number of H-pyrrole nitrogens is 2. The van der Waals surface area contributed by atoms with Crippen LogP contribution >= 0.6 is 0 Å². The van der Waals surface area contributed by atoms with Crippen molar-refractivity contribution in [3.63, 3.8) is 0 Å². The zero-order chi connectivity index (χ0) is 27.8. The Morgan fingerprint density at radius 2 is 1.82 bits per heavy atom. The van der Waals surface area contributed by atoms with Gasteiger partial charge in [-0.25, -0.2) is 4.39 Å². The van der Waals surface area contributed by atoms with Gasteiger partial charge in [-0.15, -0.1) is 0 Å². The molecule has 3 N–H and O–H groups in total. The summed E-state index contributed by atoms with van der Waals surface area (Å²) in [5.41, 5.74) is 6.37. The van der Waals surface area contributed by atoms with Crippen LogP contribution in [0.4, 0.5) is 10.1 Å². The Hall–Kier alpha value is -5.12. The molecular weight excluding hydrogens is 509 g/mol. The van der Waals surface area contributed by atoms with E-state index < -0.39 is 5.82 Å². The topological polar surface area (TPSA) is 121 Å². The second kappa shape index (κ2) is 10.2. The average molecular weight is 536 g/mol. The van der Waals surface area contributed by atoms with Gasteiger partial charge in [-0.2, -0.15) is 5.10 Å². The van der Waals surface area contributed by atoms with Gasteiger partial charge in [-0.3, -0.25) is 24.8 Å². The van der Waals surface area contributed by atoms with E-state index in [9.17, 15) is 9.18 Å². The number of methoxy groups -OCH3 is 1. The van der Waals surface area contributed by atoms with Gasteiger partial charge in [0.05, 0.1) is 47.8 Å². The lowest BCUT2D eigenvalue weighted by atomic mass is 10.1. The summed E-state index contributed by atoms with van der Waals surface area (Å²) in [5, 5.41) is 12.2. The van der Waals surface area contributed by atoms with E-state index in [0.29, 0.717) is 40.5 Å². The minimum absolute atomic E-state index is 0.0566. The number of nitrogens with zero attached hydrogens (tertiary/aromatic N) is 4. The van der Waals surface area contributed by atoms with Crippen LogP contribution in [0.5, 0.6) is 5.75 Å². The third kappa shape index (κ3) is 4.86. The van der Waals surface area contributed by atoms with Crippen molar-refractivity contribution in [3.05, 3.63) is 73.1 Å². The van der Waals surface area contributed by atoms with Crippen molar-refractivity contribution in [1.29, 1.82) is 0 Å². The van der Waals surface area contributed by atoms with E-state index >= 15 is 0 Å². The molecule has 0 unspecified atom stereocenters. The van der Waals surface area contributed by atoms with Crippen LogP contribution in [0.3, 0.4) is 0 Å². The highest BCUT2D eigenvalue weighted by atomic mass is 19.1. The quantitative estimate of drug-likeness (QED) is 0.219. The number of carbonyl (C=O) groups excluding carboxylic acids is 1. The summed E-state index contributed by atoms with van der Waals surface area (Å²) in [6, 6.07) is 12.1. The van der Waals surface area contributed by atoms with E-state index in [2.05, 4.69) is 35.5 Å². The number of anilines is 1. The van der Waals surface area contributed by atoms with Crippen molar-refractivity contribution in [3.8, 4) is 39.7 Å². The van der Waals surface area contributed by atoms with Gasteiger partial charge in [0, 0.05) is 52.3 Å². The predicted molar refractivity (Wildman–Crippen MR) is 152 cm³/mol. The van der Waals surface area contributed by atoms with Gasteiger partial charge in [-0.1, -0.05) is 13.8 Å². The summed E-state index contributed by atoms with van der Waals surface area (Å²) in [4.78, 5) is 29.1. The maximum absolute atomic E-state index is 14.3. The Kier molecular flexibility index (Phi) is 6.43. The molecule has 0 saturated heterocycles. The fourth-order valence-corrected chi connectivity index (χ4v) is 4.74. The molecule has 6 aromatic rings. The first kappa shape index (κ1) is 25.2. The first-order valence-electron chi connectivity index (χ1n) is 12.8. The molecule has 0 bridgehead atoms. The Labute approximate surface area is 228 Å². The fraction of sp³-hybridized carbons (Fsp3) is 0.167. The van der Waals surface area contributed by atoms with E-state index in [1.54, 1.807) is 30.9 Å². The van der Waals surface area contributed by atoms with Crippen LogP contribution in [0.2, 0.25) is 0 Å². The Balaban J connectivity index is 1.38. The van der Waals surface area contributed by atoms with E-state index in [1.807, 2.05) is 38.1 Å². The number of hydrogen-bond acceptors (Lipinski definition) is 6. The largest absolute Gasteiger partial charge is 0.497 e. The lowest BCUT2D eigenvalue weighted by Crippen LogP contribution is -2.13. The highest BCUT2D eigenvalue weighted by Crippen LogP contribution is 2.35. The molecule has 0 aliphatic rings. The van der Waals surface area contributed by atoms with Crippen LogP contribution in [0.15, 0.2) is 67.3 Å². The summed E-state index contributed by atoms with van der Waals surface area (Å²) >= 11 is 0. The van der Waals surface area contributed by atoms with Gasteiger partial charge in [0.1, 0.15) is 17.3 Å². The number of amides is 1. The lowest BCUT2D eigenvalue weighted by molar-refractivity contribution is -0.116. The Morgan fingerprint density at radius 1 is 0.975 bits per heavy atom. The fourth-order valence-electron chi connectivity index (χ4n) is 4.74. The molecule has 0 radical (unpaired) electrons. The van der Waals surface area contributed by atoms with E-state index in [-0.39, 0.29) is 11.8 Å². The number of aromatic amines is 2. The highest BCUT2D eigenvalue weighted by Gasteiger charge is 2.17. The number of ether oxygens (including phenoxy) is 1. The van der Waals surface area contributed by atoms with Crippen molar-refractivity contribution in [1.82, 2.24) is 30.1 Å². The van der Waals surface area contributed by atoms with Gasteiger partial charge in [0.25, 0.3) is 0 Å². The molecule has 10 heteroatoms. The first-order valence-corrected chi connectivity index (χ1v) is 12.8. The third-order valence-electron chi connectivity index (χ3n) is 6.54. The van der Waals surface area contributed by atoms with Crippen LogP contribution in [0, 0.1) is 11.7 Å². The number of aromatic nitrogens is 6. The molecule has 1 amide bonds. The van der Waals surface area contributed by atoms with Gasteiger partial charge in [-0.05, 0) is 42.3 Å². The summed E-state index contributed by atoms with van der Waals surface area (Å²) < 4.78 is 19.5. The Morgan fingerprint density at radius 3 is 2.65 bits per heavy atom. The molecule has 5 heterocycles. The second-order valence-electron chi connectivity index (χ2n) is 9.98. The number of hydrogen-bond donors (Lipinski definition) is 3. The molecule has 0 fully saturated rings. The summed E-state index contributed by atoms with van der Waals surface area (Å²) in [7, 11) is 1.50. The maximum atomic E-state index is 14.3. The van der Waals surface area contributed by atoms with E-state index in [0.717, 1.165) is 33.1 Å². The molecule has 5 aromatic heterocycles. The summed E-state index contributed by atoms with van der Waals surface area (Å²) in [6.45, 7) is 4.00. The van der Waals surface area contributed by atoms with Gasteiger partial charge < -0.3 is 15.0 Å². The smallest absolute Gasteiger partial charge is 0.224 e. The minimum Gasteiger partial charge on any atom is -0.497 e. The number of fused-ring (bicyclic) bond motifs is 2. The van der Waals surface area contributed by atoms with Crippen LogP contribution in [-0.4, -0.2) is 43.2 Å². The number of halogens is 1. The SMILES string of the molecule is COc1cc(F)cc(-c2nccc3[nH]c(-c4n[nH]c5cnc(-c6cncc(NC(=O)CC(C)C)c6)cc45)cc23)c1. The number of rotatable bonds is 7. The molecule has 0 aliphatic heterocycles. The van der Waals surface area contributed by atoms with Gasteiger partial charge >= 0.3 is 0 Å². The van der Waals surface area contributed by atoms with Crippen molar-refractivity contribution >= 4 is 33.4 Å². The van der Waals surface area contributed by atoms with Crippen LogP contribution < -0.4 is 10.1 Å². The summed E-state index contributed by atoms with van der Waals surface area (Å²) in [6.07, 6.45) is 7.16.